The van der Waals surface area contributed by atoms with E-state index in [-0.39, 0.29) is 23.4 Å². The number of hydrogen-bond acceptors (Lipinski definition) is 8. The average Bonchev–Trinajstić information content (AvgIpc) is 3.46. The minimum Gasteiger partial charge on any atom is -0.377 e. The second-order valence-electron chi connectivity index (χ2n) is 12.2. The molecule has 3 aliphatic rings. The van der Waals surface area contributed by atoms with Crippen LogP contribution in [0, 0.1) is 19.7 Å². The molecule has 0 spiro atoms. The second-order valence-corrected chi connectivity index (χ2v) is 12.2. The quantitative estimate of drug-likeness (QED) is 0.299. The molecule has 0 N–H and O–H groups in total. The molecule has 0 unspecified atom stereocenters. The van der Waals surface area contributed by atoms with E-state index < -0.39 is 0 Å². The molecule has 0 bridgehead atoms. The second kappa shape index (κ2) is 13.3. The van der Waals surface area contributed by atoms with Crippen LogP contribution >= 0.6 is 0 Å². The first-order valence-electron chi connectivity index (χ1n) is 15.9. The first-order chi connectivity index (χ1) is 21.8. The summed E-state index contributed by atoms with van der Waals surface area (Å²) in [4.78, 5) is 46.6. The topological polar surface area (TPSA) is 116 Å². The van der Waals surface area contributed by atoms with Crippen molar-refractivity contribution in [3.05, 3.63) is 90.8 Å². The molecule has 0 amide bonds. The summed E-state index contributed by atoms with van der Waals surface area (Å²) in [6.07, 6.45) is 12.8. The van der Waals surface area contributed by atoms with Gasteiger partial charge in [0, 0.05) is 74.1 Å². The van der Waals surface area contributed by atoms with Crippen LogP contribution in [-0.4, -0.2) is 48.5 Å². The molecule has 236 valence electrons. The third kappa shape index (κ3) is 6.39. The van der Waals surface area contributed by atoms with Crippen LogP contribution in [0.3, 0.4) is 0 Å². The van der Waals surface area contributed by atoms with Crippen molar-refractivity contribution in [2.45, 2.75) is 90.6 Å². The number of halogens is 1. The molecule has 0 radical (unpaired) electrons. The lowest BCUT2D eigenvalue weighted by atomic mass is 9.92. The molecule has 11 heteroatoms. The summed E-state index contributed by atoms with van der Waals surface area (Å²) in [5, 5.41) is 5.11. The maximum absolute atomic E-state index is 13.4. The van der Waals surface area contributed by atoms with E-state index >= 15 is 0 Å². The van der Waals surface area contributed by atoms with E-state index in [1.165, 1.54) is 12.1 Å². The van der Waals surface area contributed by atoms with Gasteiger partial charge in [-0.3, -0.25) is 18.7 Å². The van der Waals surface area contributed by atoms with Crippen molar-refractivity contribution in [1.29, 1.82) is 0 Å². The highest BCUT2D eigenvalue weighted by Crippen LogP contribution is 2.33. The molecule has 45 heavy (non-hydrogen) atoms. The lowest BCUT2D eigenvalue weighted by molar-refractivity contribution is -0.107. The lowest BCUT2D eigenvalue weighted by Gasteiger charge is -2.30. The Kier molecular flexibility index (Phi) is 9.04. The van der Waals surface area contributed by atoms with Gasteiger partial charge in [0.2, 0.25) is 0 Å². The summed E-state index contributed by atoms with van der Waals surface area (Å²) < 4.78 is 22.3. The van der Waals surface area contributed by atoms with Gasteiger partial charge >= 0.3 is 0 Å². The van der Waals surface area contributed by atoms with E-state index in [0.29, 0.717) is 28.3 Å². The molecule has 6 heterocycles. The summed E-state index contributed by atoms with van der Waals surface area (Å²) in [5.41, 5.74) is 4.22. The van der Waals surface area contributed by atoms with E-state index in [1.807, 2.05) is 23.8 Å². The highest BCUT2D eigenvalue weighted by molar-refractivity contribution is 5.79. The SMILES string of the molecule is Cc1nc2n(c(=O)c1C=CN1CCC(c3noc4cc(F)ccc34)CC1)CCCC2.Cc1nc2n(c(=O)c1CC=O)CCCC2. The molecular weight excluding hydrogens is 575 g/mol. The van der Waals surface area contributed by atoms with Crippen LogP contribution in [0.4, 0.5) is 4.39 Å². The molecule has 0 saturated carbocycles. The maximum atomic E-state index is 13.4. The van der Waals surface area contributed by atoms with E-state index in [2.05, 4.69) is 20.0 Å². The third-order valence-corrected chi connectivity index (χ3v) is 9.20. The number of aromatic nitrogens is 5. The first kappa shape index (κ1) is 30.6. The van der Waals surface area contributed by atoms with Gasteiger partial charge in [-0.05, 0) is 76.8 Å². The van der Waals surface area contributed by atoms with Gasteiger partial charge in [0.1, 0.15) is 23.8 Å². The molecule has 0 aliphatic carbocycles. The number of piperidine rings is 1. The summed E-state index contributed by atoms with van der Waals surface area (Å²) in [6.45, 7) is 6.97. The number of benzene rings is 1. The van der Waals surface area contributed by atoms with Gasteiger partial charge in [-0.2, -0.15) is 0 Å². The molecular formula is C34H39FN6O4. The number of likely N-dealkylation sites (tertiary alicyclic amines) is 1. The Hall–Kier alpha value is -4.41. The van der Waals surface area contributed by atoms with E-state index in [4.69, 9.17) is 4.52 Å². The van der Waals surface area contributed by atoms with Crippen molar-refractivity contribution >= 4 is 23.3 Å². The largest absolute Gasteiger partial charge is 0.377 e. The molecule has 3 aliphatic heterocycles. The highest BCUT2D eigenvalue weighted by atomic mass is 19.1. The molecule has 1 aromatic carbocycles. The number of nitrogens with zero attached hydrogens (tertiary/aromatic N) is 6. The Morgan fingerprint density at radius 1 is 0.911 bits per heavy atom. The van der Waals surface area contributed by atoms with Gasteiger partial charge in [0.15, 0.2) is 5.58 Å². The summed E-state index contributed by atoms with van der Waals surface area (Å²) in [7, 11) is 0. The highest BCUT2D eigenvalue weighted by Gasteiger charge is 2.24. The number of aryl methyl sites for hydroxylation is 4. The van der Waals surface area contributed by atoms with E-state index in [0.717, 1.165) is 112 Å². The minimum absolute atomic E-state index is 0.0238. The van der Waals surface area contributed by atoms with Crippen molar-refractivity contribution in [2.75, 3.05) is 13.1 Å². The Morgan fingerprint density at radius 2 is 1.58 bits per heavy atom. The van der Waals surface area contributed by atoms with Crippen molar-refractivity contribution in [3.63, 3.8) is 0 Å². The van der Waals surface area contributed by atoms with Crippen LogP contribution < -0.4 is 11.1 Å². The molecule has 10 nitrogen and oxygen atoms in total. The van der Waals surface area contributed by atoms with Crippen molar-refractivity contribution in [3.8, 4) is 0 Å². The van der Waals surface area contributed by atoms with Gasteiger partial charge in [-0.15, -0.1) is 0 Å². The monoisotopic (exact) mass is 614 g/mol. The first-order valence-corrected chi connectivity index (χ1v) is 15.9. The number of rotatable bonds is 5. The van der Waals surface area contributed by atoms with Gasteiger partial charge in [-0.25, -0.2) is 14.4 Å². The Balaban J connectivity index is 0.000000200. The Labute approximate surface area is 260 Å². The average molecular weight is 615 g/mol. The normalized spacial score (nSPS) is 16.7. The van der Waals surface area contributed by atoms with Crippen molar-refractivity contribution < 1.29 is 13.7 Å². The van der Waals surface area contributed by atoms with E-state index in [1.54, 1.807) is 17.6 Å². The zero-order valence-electron chi connectivity index (χ0n) is 25.9. The van der Waals surface area contributed by atoms with Crippen molar-refractivity contribution in [2.24, 2.45) is 0 Å². The molecule has 1 fully saturated rings. The summed E-state index contributed by atoms with van der Waals surface area (Å²) in [5.74, 6) is 1.77. The minimum atomic E-state index is -0.312. The van der Waals surface area contributed by atoms with Crippen LogP contribution in [-0.2, 0) is 37.1 Å². The van der Waals surface area contributed by atoms with Crippen molar-refractivity contribution in [1.82, 2.24) is 29.2 Å². The Morgan fingerprint density at radius 3 is 2.27 bits per heavy atom. The van der Waals surface area contributed by atoms with E-state index in [9.17, 15) is 18.8 Å². The van der Waals surface area contributed by atoms with Crippen LogP contribution in [0.2, 0.25) is 0 Å². The van der Waals surface area contributed by atoms with Gasteiger partial charge < -0.3 is 14.2 Å². The maximum Gasteiger partial charge on any atom is 0.261 e. The standard InChI is InChI=1S/C23H25FN4O2.C11H14N2O2/c1-15-18(23(29)28-10-3-2-4-21(28)25-15)9-13-27-11-7-16(8-12-27)22-19-6-5-17(24)14-20(19)30-26-22;1-8-9(5-7-14)11(15)13-6-3-2-4-10(13)12-8/h5-6,9,13-14,16H,2-4,7-8,10-12H2,1H3;7H,2-6H2,1H3. The lowest BCUT2D eigenvalue weighted by Crippen LogP contribution is -2.32. The smallest absolute Gasteiger partial charge is 0.261 e. The molecule has 7 rings (SSSR count). The predicted octanol–water partition coefficient (Wildman–Crippen LogP) is 4.65. The Bertz CT molecular complexity index is 1870. The summed E-state index contributed by atoms with van der Waals surface area (Å²) >= 11 is 0. The van der Waals surface area contributed by atoms with Crippen LogP contribution in [0.5, 0.6) is 0 Å². The molecule has 4 aromatic rings. The molecule has 3 aromatic heterocycles. The van der Waals surface area contributed by atoms with Crippen LogP contribution in [0.25, 0.3) is 17.0 Å². The van der Waals surface area contributed by atoms with Crippen LogP contribution in [0.1, 0.15) is 84.3 Å². The van der Waals surface area contributed by atoms with Gasteiger partial charge in [0.05, 0.1) is 17.0 Å². The molecule has 1 saturated heterocycles. The van der Waals surface area contributed by atoms with Gasteiger partial charge in [0.25, 0.3) is 11.1 Å². The van der Waals surface area contributed by atoms with Crippen LogP contribution in [0.15, 0.2) is 38.5 Å². The number of hydrogen-bond donors (Lipinski definition) is 0. The fourth-order valence-corrected chi connectivity index (χ4v) is 6.67. The number of aldehydes is 1. The fraction of sp³-hybridized carbons (Fsp3) is 0.471. The number of carbonyl (C=O) groups is 1. The third-order valence-electron chi connectivity index (χ3n) is 9.20. The number of fused-ring (bicyclic) bond motifs is 3. The zero-order valence-corrected chi connectivity index (χ0v) is 25.9. The number of carbonyl (C=O) groups excluding carboxylic acids is 1. The molecule has 0 atom stereocenters. The van der Waals surface area contributed by atoms with Gasteiger partial charge in [-0.1, -0.05) is 5.16 Å². The summed E-state index contributed by atoms with van der Waals surface area (Å²) in [6, 6.07) is 4.59. The predicted molar refractivity (Wildman–Crippen MR) is 169 cm³/mol. The fourth-order valence-electron chi connectivity index (χ4n) is 6.67. The zero-order chi connectivity index (χ0) is 31.5.